The summed E-state index contributed by atoms with van der Waals surface area (Å²) in [5.74, 6) is -1.04. The molecule has 1 aromatic heterocycles. The van der Waals surface area contributed by atoms with Crippen LogP contribution in [0.15, 0.2) is 34.0 Å². The first-order valence-corrected chi connectivity index (χ1v) is 8.26. The summed E-state index contributed by atoms with van der Waals surface area (Å²) >= 11 is 0. The lowest BCUT2D eigenvalue weighted by molar-refractivity contribution is 0.0491. The van der Waals surface area contributed by atoms with Crippen molar-refractivity contribution in [3.8, 4) is 0 Å². The molecule has 25 heavy (non-hydrogen) atoms. The molecule has 134 valence electrons. The van der Waals surface area contributed by atoms with Crippen LogP contribution in [-0.4, -0.2) is 20.8 Å². The molecular formula is C18H21FN2O4. The van der Waals surface area contributed by atoms with E-state index >= 15 is 0 Å². The molecule has 2 aromatic rings. The zero-order valence-electron chi connectivity index (χ0n) is 14.2. The quantitative estimate of drug-likeness (QED) is 0.915. The number of aromatic nitrogens is 2. The Bertz CT molecular complexity index is 877. The van der Waals surface area contributed by atoms with E-state index in [0.717, 1.165) is 32.9 Å². The number of aliphatic hydroxyl groups is 1. The molecule has 2 heterocycles. The first kappa shape index (κ1) is 17.6. The number of hydrogen-bond donors (Lipinski definition) is 1. The van der Waals surface area contributed by atoms with Gasteiger partial charge in [0.1, 0.15) is 6.23 Å². The van der Waals surface area contributed by atoms with Gasteiger partial charge in [-0.25, -0.2) is 4.79 Å². The summed E-state index contributed by atoms with van der Waals surface area (Å²) in [7, 11) is 0. The van der Waals surface area contributed by atoms with Crippen LogP contribution in [0.4, 0.5) is 4.39 Å². The Morgan fingerprint density at radius 2 is 1.96 bits per heavy atom. The van der Waals surface area contributed by atoms with Crippen molar-refractivity contribution >= 4 is 0 Å². The maximum absolute atomic E-state index is 14.0. The number of benzene rings is 1. The van der Waals surface area contributed by atoms with Crippen LogP contribution in [0, 0.1) is 19.7 Å². The summed E-state index contributed by atoms with van der Waals surface area (Å²) in [6.45, 7) is 3.96. The molecule has 3 rings (SSSR count). The van der Waals surface area contributed by atoms with E-state index in [-0.39, 0.29) is 6.54 Å². The largest absolute Gasteiger partial charge is 0.387 e. The van der Waals surface area contributed by atoms with Gasteiger partial charge in [-0.1, -0.05) is 29.3 Å². The Morgan fingerprint density at radius 3 is 2.56 bits per heavy atom. The minimum atomic E-state index is -1.09. The van der Waals surface area contributed by atoms with Crippen molar-refractivity contribution < 1.29 is 14.2 Å². The van der Waals surface area contributed by atoms with Gasteiger partial charge in [0.25, 0.3) is 5.56 Å². The second-order valence-electron chi connectivity index (χ2n) is 6.49. The van der Waals surface area contributed by atoms with E-state index in [1.807, 2.05) is 19.9 Å². The van der Waals surface area contributed by atoms with Gasteiger partial charge in [0, 0.05) is 6.61 Å². The molecule has 1 aliphatic rings. The molecule has 2 unspecified atom stereocenters. The van der Waals surface area contributed by atoms with Crippen LogP contribution < -0.4 is 11.2 Å². The second kappa shape index (κ2) is 6.93. The lowest BCUT2D eigenvalue weighted by Crippen LogP contribution is -2.43. The number of rotatable bonds is 4. The zero-order chi connectivity index (χ0) is 18.1. The van der Waals surface area contributed by atoms with E-state index in [2.05, 4.69) is 0 Å². The Morgan fingerprint density at radius 1 is 1.28 bits per heavy atom. The predicted octanol–water partition coefficient (Wildman–Crippen LogP) is 1.81. The van der Waals surface area contributed by atoms with Crippen molar-refractivity contribution in [2.45, 2.75) is 45.6 Å². The molecule has 1 fully saturated rings. The number of hydrogen-bond acceptors (Lipinski definition) is 4. The normalized spacial score (nSPS) is 18.5. The van der Waals surface area contributed by atoms with Crippen LogP contribution in [0.2, 0.25) is 0 Å². The van der Waals surface area contributed by atoms with Gasteiger partial charge in [-0.05, 0) is 32.3 Å². The number of halogens is 1. The van der Waals surface area contributed by atoms with Gasteiger partial charge >= 0.3 is 5.69 Å². The highest BCUT2D eigenvalue weighted by Gasteiger charge is 2.23. The first-order valence-electron chi connectivity index (χ1n) is 8.26. The van der Waals surface area contributed by atoms with E-state index < -0.39 is 29.4 Å². The SMILES string of the molecule is Cc1cc(C)cc(C(O)Cn2c(=O)c(F)cn(C3CCCO3)c2=O)c1. The minimum Gasteiger partial charge on any atom is -0.387 e. The molecule has 7 heteroatoms. The summed E-state index contributed by atoms with van der Waals surface area (Å²) in [4.78, 5) is 24.7. The van der Waals surface area contributed by atoms with E-state index in [9.17, 15) is 19.1 Å². The van der Waals surface area contributed by atoms with Crippen LogP contribution in [-0.2, 0) is 11.3 Å². The first-order chi connectivity index (χ1) is 11.9. The van der Waals surface area contributed by atoms with Crippen LogP contribution in [0.1, 0.15) is 41.9 Å². The second-order valence-corrected chi connectivity index (χ2v) is 6.49. The smallest absolute Gasteiger partial charge is 0.333 e. The summed E-state index contributed by atoms with van der Waals surface area (Å²) in [6.07, 6.45) is 0.566. The standard InChI is InChI=1S/C18H21FN2O4/c1-11-6-12(2)8-13(7-11)15(22)10-21-17(23)14(19)9-20(18(21)24)16-4-3-5-25-16/h6-9,15-16,22H,3-5,10H2,1-2H3. The lowest BCUT2D eigenvalue weighted by Gasteiger charge is -2.18. The van der Waals surface area contributed by atoms with Gasteiger partial charge in [-0.15, -0.1) is 0 Å². The molecule has 1 N–H and O–H groups in total. The number of ether oxygens (including phenoxy) is 1. The molecule has 0 amide bonds. The van der Waals surface area contributed by atoms with Crippen molar-refractivity contribution in [1.82, 2.24) is 9.13 Å². The molecule has 0 saturated carbocycles. The van der Waals surface area contributed by atoms with E-state index in [4.69, 9.17) is 4.74 Å². The molecule has 0 radical (unpaired) electrons. The number of nitrogens with zero attached hydrogens (tertiary/aromatic N) is 2. The molecule has 1 aromatic carbocycles. The van der Waals surface area contributed by atoms with E-state index in [0.29, 0.717) is 18.6 Å². The third-order valence-electron chi connectivity index (χ3n) is 4.35. The number of aryl methyl sites for hydroxylation is 2. The maximum Gasteiger partial charge on any atom is 0.333 e. The van der Waals surface area contributed by atoms with Gasteiger partial charge in [0.05, 0.1) is 18.8 Å². The monoisotopic (exact) mass is 348 g/mol. The highest BCUT2D eigenvalue weighted by molar-refractivity contribution is 5.29. The molecule has 1 saturated heterocycles. The fraction of sp³-hybridized carbons (Fsp3) is 0.444. The van der Waals surface area contributed by atoms with Gasteiger partial charge in [-0.3, -0.25) is 13.9 Å². The topological polar surface area (TPSA) is 73.5 Å². The van der Waals surface area contributed by atoms with Crippen molar-refractivity contribution in [2.75, 3.05) is 6.61 Å². The van der Waals surface area contributed by atoms with Crippen molar-refractivity contribution in [2.24, 2.45) is 0 Å². The summed E-state index contributed by atoms with van der Waals surface area (Å²) in [6, 6.07) is 5.51. The Labute approximate surface area is 144 Å². The van der Waals surface area contributed by atoms with Crippen LogP contribution in [0.25, 0.3) is 0 Å². The molecule has 1 aliphatic heterocycles. The Balaban J connectivity index is 1.98. The molecule has 0 spiro atoms. The van der Waals surface area contributed by atoms with Gasteiger partial charge < -0.3 is 9.84 Å². The molecule has 2 atom stereocenters. The maximum atomic E-state index is 14.0. The van der Waals surface area contributed by atoms with Crippen LogP contribution in [0.5, 0.6) is 0 Å². The third kappa shape index (κ3) is 3.57. The van der Waals surface area contributed by atoms with Gasteiger partial charge in [-0.2, -0.15) is 4.39 Å². The molecule has 0 bridgehead atoms. The molecule has 6 nitrogen and oxygen atoms in total. The number of aliphatic hydroxyl groups excluding tert-OH is 1. The summed E-state index contributed by atoms with van der Waals surface area (Å²) in [5.41, 5.74) is 0.774. The third-order valence-corrected chi connectivity index (χ3v) is 4.35. The fourth-order valence-electron chi connectivity index (χ4n) is 3.22. The van der Waals surface area contributed by atoms with Crippen LogP contribution in [0.3, 0.4) is 0 Å². The van der Waals surface area contributed by atoms with Crippen LogP contribution >= 0.6 is 0 Å². The minimum absolute atomic E-state index is 0.314. The van der Waals surface area contributed by atoms with E-state index in [1.165, 1.54) is 0 Å². The average molecular weight is 348 g/mol. The van der Waals surface area contributed by atoms with Crippen molar-refractivity contribution in [1.29, 1.82) is 0 Å². The summed E-state index contributed by atoms with van der Waals surface area (Å²) in [5, 5.41) is 10.5. The highest BCUT2D eigenvalue weighted by atomic mass is 19.1. The Hall–Kier alpha value is -2.25. The average Bonchev–Trinajstić information content (AvgIpc) is 3.08. The van der Waals surface area contributed by atoms with E-state index in [1.54, 1.807) is 12.1 Å². The molecule has 0 aliphatic carbocycles. The van der Waals surface area contributed by atoms with Crippen molar-refractivity contribution in [3.05, 3.63) is 67.7 Å². The fourth-order valence-corrected chi connectivity index (χ4v) is 3.22. The summed E-state index contributed by atoms with van der Waals surface area (Å²) < 4.78 is 21.3. The van der Waals surface area contributed by atoms with Gasteiger partial charge in [0.15, 0.2) is 0 Å². The zero-order valence-corrected chi connectivity index (χ0v) is 14.2. The van der Waals surface area contributed by atoms with Crippen molar-refractivity contribution in [3.63, 3.8) is 0 Å². The van der Waals surface area contributed by atoms with Gasteiger partial charge in [0.2, 0.25) is 5.82 Å². The molecular weight excluding hydrogens is 327 g/mol. The highest BCUT2D eigenvalue weighted by Crippen LogP contribution is 2.21. The predicted molar refractivity (Wildman–Crippen MR) is 90.0 cm³/mol. The lowest BCUT2D eigenvalue weighted by atomic mass is 10.0. The Kier molecular flexibility index (Phi) is 4.87.